The molecule has 2 N–H and O–H groups in total. The maximum absolute atomic E-state index is 11.9. The minimum atomic E-state index is -0.576. The Labute approximate surface area is 126 Å². The van der Waals surface area contributed by atoms with Gasteiger partial charge in [-0.2, -0.15) is 5.10 Å². The van der Waals surface area contributed by atoms with Gasteiger partial charge >= 0.3 is 0 Å². The molecule has 0 aliphatic carbocycles. The van der Waals surface area contributed by atoms with Gasteiger partial charge in [-0.3, -0.25) is 14.9 Å². The summed E-state index contributed by atoms with van der Waals surface area (Å²) < 4.78 is 0. The number of hydrazone groups is 1. The number of rotatable bonds is 4. The summed E-state index contributed by atoms with van der Waals surface area (Å²) in [6.45, 7) is 1.63. The Morgan fingerprint density at radius 3 is 2.64 bits per heavy atom. The molecule has 7 heteroatoms. The van der Waals surface area contributed by atoms with Crippen molar-refractivity contribution in [3.05, 3.63) is 69.8 Å². The average Bonchev–Trinajstić information content (AvgIpc) is 2.52. The van der Waals surface area contributed by atoms with Crippen LogP contribution < -0.4 is 5.43 Å². The van der Waals surface area contributed by atoms with Crippen LogP contribution in [0.15, 0.2) is 53.6 Å². The van der Waals surface area contributed by atoms with E-state index in [1.54, 1.807) is 25.1 Å². The Balaban J connectivity index is 2.16. The first kappa shape index (κ1) is 15.2. The lowest BCUT2D eigenvalue weighted by Gasteiger charge is -2.04. The van der Waals surface area contributed by atoms with Gasteiger partial charge in [0.05, 0.1) is 10.6 Å². The highest BCUT2D eigenvalue weighted by Gasteiger charge is 2.11. The maximum Gasteiger partial charge on any atom is 0.271 e. The largest absolute Gasteiger partial charge is 0.507 e. The summed E-state index contributed by atoms with van der Waals surface area (Å²) in [5, 5.41) is 24.3. The van der Waals surface area contributed by atoms with Gasteiger partial charge in [0.15, 0.2) is 0 Å². The van der Waals surface area contributed by atoms with Crippen molar-refractivity contribution in [3.63, 3.8) is 0 Å². The van der Waals surface area contributed by atoms with Gasteiger partial charge in [0.1, 0.15) is 5.75 Å². The van der Waals surface area contributed by atoms with E-state index in [4.69, 9.17) is 0 Å². The highest BCUT2D eigenvalue weighted by molar-refractivity contribution is 6.02. The first-order valence-corrected chi connectivity index (χ1v) is 6.36. The molecule has 0 saturated carbocycles. The molecule has 112 valence electrons. The van der Waals surface area contributed by atoms with E-state index in [0.717, 1.165) is 0 Å². The summed E-state index contributed by atoms with van der Waals surface area (Å²) in [6, 6.07) is 11.9. The molecule has 0 atom stereocenters. The number of phenols is 1. The quantitative estimate of drug-likeness (QED) is 0.514. The molecule has 7 nitrogen and oxygen atoms in total. The van der Waals surface area contributed by atoms with Gasteiger partial charge in [-0.1, -0.05) is 18.2 Å². The smallest absolute Gasteiger partial charge is 0.271 e. The molecule has 0 saturated heterocycles. The molecule has 2 rings (SSSR count). The lowest BCUT2D eigenvalue weighted by molar-refractivity contribution is -0.384. The third-order valence-corrected chi connectivity index (χ3v) is 2.94. The van der Waals surface area contributed by atoms with E-state index in [0.29, 0.717) is 11.3 Å². The molecular weight excluding hydrogens is 286 g/mol. The predicted molar refractivity (Wildman–Crippen MR) is 80.9 cm³/mol. The number of hydrogen-bond donors (Lipinski definition) is 2. The second kappa shape index (κ2) is 6.49. The fourth-order valence-electron chi connectivity index (χ4n) is 1.80. The number of nitro benzene ring substituents is 1. The standard InChI is InChI=1S/C15H13N3O4/c1-10(13-7-2-3-8-14(13)19)16-17-15(20)11-5-4-6-12(9-11)18(21)22/h2-9,19H,1H3,(H,17,20). The molecule has 0 unspecified atom stereocenters. The third-order valence-electron chi connectivity index (χ3n) is 2.94. The Bertz CT molecular complexity index is 756. The van der Waals surface area contributed by atoms with Gasteiger partial charge in [0.25, 0.3) is 11.6 Å². The third kappa shape index (κ3) is 3.45. The summed E-state index contributed by atoms with van der Waals surface area (Å²) in [5.74, 6) is -0.521. The number of carbonyl (C=O) groups is 1. The zero-order chi connectivity index (χ0) is 16.1. The topological polar surface area (TPSA) is 105 Å². The van der Waals surface area contributed by atoms with Crippen LogP contribution in [0.4, 0.5) is 5.69 Å². The van der Waals surface area contributed by atoms with Crippen molar-refractivity contribution in [2.45, 2.75) is 6.92 Å². The molecule has 2 aromatic carbocycles. The monoisotopic (exact) mass is 299 g/mol. The van der Waals surface area contributed by atoms with Crippen LogP contribution >= 0.6 is 0 Å². The normalized spacial score (nSPS) is 11.0. The number of hydrogen-bond acceptors (Lipinski definition) is 5. The van der Waals surface area contributed by atoms with Gasteiger partial charge in [0.2, 0.25) is 0 Å². The van der Waals surface area contributed by atoms with Gasteiger partial charge in [-0.05, 0) is 25.1 Å². The second-order valence-electron chi connectivity index (χ2n) is 4.46. The van der Waals surface area contributed by atoms with E-state index in [1.165, 1.54) is 30.3 Å². The van der Waals surface area contributed by atoms with Crippen LogP contribution in [0.2, 0.25) is 0 Å². The zero-order valence-corrected chi connectivity index (χ0v) is 11.7. The van der Waals surface area contributed by atoms with Gasteiger partial charge < -0.3 is 5.11 Å². The van der Waals surface area contributed by atoms with Crippen LogP contribution in [0.1, 0.15) is 22.8 Å². The summed E-state index contributed by atoms with van der Waals surface area (Å²) >= 11 is 0. The number of nitro groups is 1. The summed E-state index contributed by atoms with van der Waals surface area (Å²) in [7, 11) is 0. The van der Waals surface area contributed by atoms with Crippen LogP contribution in [0.25, 0.3) is 0 Å². The molecule has 0 aromatic heterocycles. The SMILES string of the molecule is CC(=NNC(=O)c1cccc([N+](=O)[O-])c1)c1ccccc1O. The molecule has 0 bridgehead atoms. The first-order valence-electron chi connectivity index (χ1n) is 6.36. The fourth-order valence-corrected chi connectivity index (χ4v) is 1.80. The van der Waals surface area contributed by atoms with Crippen molar-refractivity contribution in [1.82, 2.24) is 5.43 Å². The number of aromatic hydroxyl groups is 1. The fraction of sp³-hybridized carbons (Fsp3) is 0.0667. The number of non-ortho nitro benzene ring substituents is 1. The summed E-state index contributed by atoms with van der Waals surface area (Å²) in [4.78, 5) is 22.0. The van der Waals surface area contributed by atoms with E-state index in [-0.39, 0.29) is 17.0 Å². The minimum absolute atomic E-state index is 0.0494. The maximum atomic E-state index is 11.9. The van der Waals surface area contributed by atoms with Gasteiger partial charge in [-0.25, -0.2) is 5.43 Å². The van der Waals surface area contributed by atoms with E-state index in [2.05, 4.69) is 10.5 Å². The van der Waals surface area contributed by atoms with E-state index in [1.807, 2.05) is 0 Å². The van der Waals surface area contributed by atoms with E-state index < -0.39 is 10.8 Å². The van der Waals surface area contributed by atoms with Crippen molar-refractivity contribution in [2.24, 2.45) is 5.10 Å². The lowest BCUT2D eigenvalue weighted by Crippen LogP contribution is -2.19. The molecule has 0 aliphatic heterocycles. The molecular formula is C15H13N3O4. The van der Waals surface area contributed by atoms with E-state index >= 15 is 0 Å². The number of nitrogens with one attached hydrogen (secondary N) is 1. The van der Waals surface area contributed by atoms with Crippen LogP contribution in [-0.4, -0.2) is 21.6 Å². The predicted octanol–water partition coefficient (Wildman–Crippen LogP) is 2.45. The van der Waals surface area contributed by atoms with Crippen LogP contribution in [-0.2, 0) is 0 Å². The first-order chi connectivity index (χ1) is 10.5. The highest BCUT2D eigenvalue weighted by atomic mass is 16.6. The summed E-state index contributed by atoms with van der Waals surface area (Å²) in [6.07, 6.45) is 0. The van der Waals surface area contributed by atoms with Crippen molar-refractivity contribution in [1.29, 1.82) is 0 Å². The van der Waals surface area contributed by atoms with Gasteiger partial charge in [-0.15, -0.1) is 0 Å². The number of carbonyl (C=O) groups excluding carboxylic acids is 1. The van der Waals surface area contributed by atoms with E-state index in [9.17, 15) is 20.0 Å². The second-order valence-corrected chi connectivity index (χ2v) is 4.46. The lowest BCUT2D eigenvalue weighted by atomic mass is 10.1. The number of phenolic OH excluding ortho intramolecular Hbond substituents is 1. The van der Waals surface area contributed by atoms with Crippen LogP contribution in [0, 0.1) is 10.1 Å². The molecule has 2 aromatic rings. The number of nitrogens with zero attached hydrogens (tertiary/aromatic N) is 2. The van der Waals surface area contributed by atoms with Crippen molar-refractivity contribution < 1.29 is 14.8 Å². The Hall–Kier alpha value is -3.22. The summed E-state index contributed by atoms with van der Waals surface area (Å²) in [5.41, 5.74) is 3.16. The van der Waals surface area contributed by atoms with Crippen molar-refractivity contribution in [2.75, 3.05) is 0 Å². The minimum Gasteiger partial charge on any atom is -0.507 e. The molecule has 0 aliphatic rings. The molecule has 22 heavy (non-hydrogen) atoms. The Morgan fingerprint density at radius 2 is 1.95 bits per heavy atom. The van der Waals surface area contributed by atoms with Crippen LogP contribution in [0.3, 0.4) is 0 Å². The van der Waals surface area contributed by atoms with Crippen LogP contribution in [0.5, 0.6) is 5.75 Å². The van der Waals surface area contributed by atoms with Crippen molar-refractivity contribution in [3.8, 4) is 5.75 Å². The van der Waals surface area contributed by atoms with Gasteiger partial charge in [0, 0.05) is 23.3 Å². The highest BCUT2D eigenvalue weighted by Crippen LogP contribution is 2.16. The number of benzene rings is 2. The zero-order valence-electron chi connectivity index (χ0n) is 11.7. The molecule has 0 heterocycles. The molecule has 0 fully saturated rings. The number of para-hydroxylation sites is 1. The Kier molecular flexibility index (Phi) is 4.47. The molecule has 0 spiro atoms. The molecule has 1 amide bonds. The van der Waals surface area contributed by atoms with Crippen molar-refractivity contribution >= 4 is 17.3 Å². The molecule has 0 radical (unpaired) electrons. The Morgan fingerprint density at radius 1 is 1.23 bits per heavy atom. The average molecular weight is 299 g/mol. The number of amides is 1.